The highest BCUT2D eigenvalue weighted by Gasteiger charge is 2.35. The third-order valence-corrected chi connectivity index (χ3v) is 5.54. The van der Waals surface area contributed by atoms with Gasteiger partial charge in [-0.3, -0.25) is 9.59 Å². The van der Waals surface area contributed by atoms with Crippen molar-refractivity contribution >= 4 is 34.0 Å². The van der Waals surface area contributed by atoms with Gasteiger partial charge in [0.1, 0.15) is 11.8 Å². The van der Waals surface area contributed by atoms with Crippen LogP contribution in [-0.2, 0) is 9.59 Å². The molecule has 0 saturated carbocycles. The number of anilines is 2. The zero-order valence-electron chi connectivity index (χ0n) is 17.8. The highest BCUT2D eigenvalue weighted by atomic mass is 16.5. The SMILES string of the molecule is CCCNC(=O)[C@H]1CN([C@@H](C)C(=O)Nc2cccc3ccccc23)c2ccccc2O1. The second kappa shape index (κ2) is 9.08. The summed E-state index contributed by atoms with van der Waals surface area (Å²) in [6.07, 6.45) is 0.178. The van der Waals surface area contributed by atoms with Crippen LogP contribution < -0.4 is 20.3 Å². The standard InChI is InChI=1S/C25H27N3O3/c1-3-15-26-25(30)23-16-28(21-13-6-7-14-22(21)31-23)17(2)24(29)27-20-12-8-10-18-9-4-5-11-19(18)20/h4-14,17,23H,3,15-16H2,1-2H3,(H,26,30)(H,27,29)/t17-,23+/m0/s1. The minimum absolute atomic E-state index is 0.138. The fraction of sp³-hybridized carbons (Fsp3) is 0.280. The van der Waals surface area contributed by atoms with Crippen LogP contribution in [-0.4, -0.2) is 37.0 Å². The predicted molar refractivity (Wildman–Crippen MR) is 124 cm³/mol. The summed E-state index contributed by atoms with van der Waals surface area (Å²) in [7, 11) is 0. The van der Waals surface area contributed by atoms with E-state index in [9.17, 15) is 9.59 Å². The molecule has 160 valence electrons. The van der Waals surface area contributed by atoms with Crippen LogP contribution in [0.2, 0.25) is 0 Å². The zero-order chi connectivity index (χ0) is 21.8. The molecule has 2 atom stereocenters. The number of nitrogens with one attached hydrogen (secondary N) is 2. The summed E-state index contributed by atoms with van der Waals surface area (Å²) < 4.78 is 5.94. The Balaban J connectivity index is 1.57. The van der Waals surface area contributed by atoms with E-state index < -0.39 is 12.1 Å². The molecule has 0 fully saturated rings. The molecule has 3 aromatic rings. The summed E-state index contributed by atoms with van der Waals surface area (Å²) >= 11 is 0. The molecule has 3 aromatic carbocycles. The summed E-state index contributed by atoms with van der Waals surface area (Å²) in [5.41, 5.74) is 1.58. The van der Waals surface area contributed by atoms with Gasteiger partial charge in [-0.1, -0.05) is 55.5 Å². The van der Waals surface area contributed by atoms with Crippen molar-refractivity contribution in [3.05, 3.63) is 66.7 Å². The number of hydrogen-bond acceptors (Lipinski definition) is 4. The first kappa shape index (κ1) is 20.7. The Labute approximate surface area is 182 Å². The van der Waals surface area contributed by atoms with E-state index in [0.717, 1.165) is 28.6 Å². The fourth-order valence-corrected chi connectivity index (χ4v) is 3.84. The Morgan fingerprint density at radius 1 is 1.06 bits per heavy atom. The first-order chi connectivity index (χ1) is 15.1. The van der Waals surface area contributed by atoms with Gasteiger partial charge < -0.3 is 20.3 Å². The quantitative estimate of drug-likeness (QED) is 0.637. The van der Waals surface area contributed by atoms with E-state index >= 15 is 0 Å². The molecule has 0 unspecified atom stereocenters. The lowest BCUT2D eigenvalue weighted by molar-refractivity contribution is -0.128. The van der Waals surface area contributed by atoms with Gasteiger partial charge in [0.05, 0.1) is 12.2 Å². The topological polar surface area (TPSA) is 70.7 Å². The largest absolute Gasteiger partial charge is 0.477 e. The summed E-state index contributed by atoms with van der Waals surface area (Å²) in [6.45, 7) is 4.75. The Bertz CT molecular complexity index is 1090. The van der Waals surface area contributed by atoms with Crippen LogP contribution in [0.25, 0.3) is 10.8 Å². The number of fused-ring (bicyclic) bond motifs is 2. The summed E-state index contributed by atoms with van der Waals surface area (Å²) in [4.78, 5) is 27.7. The highest BCUT2D eigenvalue weighted by Crippen LogP contribution is 2.35. The minimum Gasteiger partial charge on any atom is -0.477 e. The Morgan fingerprint density at radius 3 is 2.65 bits per heavy atom. The van der Waals surface area contributed by atoms with Crippen LogP contribution in [0.4, 0.5) is 11.4 Å². The fourth-order valence-electron chi connectivity index (χ4n) is 3.84. The van der Waals surface area contributed by atoms with Crippen molar-refractivity contribution in [1.82, 2.24) is 5.32 Å². The number of nitrogens with zero attached hydrogens (tertiary/aromatic N) is 1. The first-order valence-corrected chi connectivity index (χ1v) is 10.7. The molecule has 31 heavy (non-hydrogen) atoms. The molecule has 0 aliphatic carbocycles. The Hall–Kier alpha value is -3.54. The van der Waals surface area contributed by atoms with Gasteiger partial charge in [-0.15, -0.1) is 0 Å². The van der Waals surface area contributed by atoms with Gasteiger partial charge >= 0.3 is 0 Å². The predicted octanol–water partition coefficient (Wildman–Crippen LogP) is 3.96. The van der Waals surface area contributed by atoms with Crippen LogP contribution in [0.5, 0.6) is 5.75 Å². The minimum atomic E-state index is -0.672. The molecule has 1 aliphatic rings. The van der Waals surface area contributed by atoms with E-state index in [1.54, 1.807) is 0 Å². The lowest BCUT2D eigenvalue weighted by atomic mass is 10.1. The lowest BCUT2D eigenvalue weighted by Gasteiger charge is -2.38. The molecule has 0 spiro atoms. The molecule has 0 saturated heterocycles. The van der Waals surface area contributed by atoms with Gasteiger partial charge in [0.25, 0.3) is 5.91 Å². The summed E-state index contributed by atoms with van der Waals surface area (Å²) in [6, 6.07) is 20.8. The molecular weight excluding hydrogens is 390 g/mol. The summed E-state index contributed by atoms with van der Waals surface area (Å²) in [5, 5.41) is 8.02. The van der Waals surface area contributed by atoms with Gasteiger partial charge in [-0.05, 0) is 36.9 Å². The third kappa shape index (κ3) is 4.33. The van der Waals surface area contributed by atoms with Gasteiger partial charge in [0.2, 0.25) is 5.91 Å². The van der Waals surface area contributed by atoms with Gasteiger partial charge in [0.15, 0.2) is 6.10 Å². The monoisotopic (exact) mass is 417 g/mol. The van der Waals surface area contributed by atoms with Crippen molar-refractivity contribution in [2.75, 3.05) is 23.3 Å². The third-order valence-electron chi connectivity index (χ3n) is 5.54. The number of rotatable bonds is 6. The molecule has 1 aliphatic heterocycles. The smallest absolute Gasteiger partial charge is 0.262 e. The Morgan fingerprint density at radius 2 is 1.81 bits per heavy atom. The van der Waals surface area contributed by atoms with Crippen molar-refractivity contribution in [2.45, 2.75) is 32.4 Å². The van der Waals surface area contributed by atoms with Crippen LogP contribution in [0.3, 0.4) is 0 Å². The second-order valence-electron chi connectivity index (χ2n) is 7.71. The van der Waals surface area contributed by atoms with E-state index in [4.69, 9.17) is 4.74 Å². The number of hydrogen-bond donors (Lipinski definition) is 2. The van der Waals surface area contributed by atoms with Crippen molar-refractivity contribution in [3.8, 4) is 5.75 Å². The van der Waals surface area contributed by atoms with E-state index in [0.29, 0.717) is 18.8 Å². The molecule has 1 heterocycles. The number of carbonyl (C=O) groups excluding carboxylic acids is 2. The van der Waals surface area contributed by atoms with E-state index in [-0.39, 0.29) is 11.8 Å². The molecule has 2 amide bonds. The number of para-hydroxylation sites is 2. The first-order valence-electron chi connectivity index (χ1n) is 10.7. The second-order valence-corrected chi connectivity index (χ2v) is 7.71. The molecular formula is C25H27N3O3. The number of benzene rings is 3. The maximum absolute atomic E-state index is 13.2. The number of amides is 2. The summed E-state index contributed by atoms with van der Waals surface area (Å²) in [5.74, 6) is 0.305. The molecule has 0 radical (unpaired) electrons. The van der Waals surface area contributed by atoms with Crippen molar-refractivity contribution in [1.29, 1.82) is 0 Å². The van der Waals surface area contributed by atoms with Crippen molar-refractivity contribution < 1.29 is 14.3 Å². The molecule has 0 aromatic heterocycles. The lowest BCUT2D eigenvalue weighted by Crippen LogP contribution is -2.54. The average Bonchev–Trinajstić information content (AvgIpc) is 2.81. The molecule has 2 N–H and O–H groups in total. The van der Waals surface area contributed by atoms with Crippen LogP contribution >= 0.6 is 0 Å². The normalized spacial score (nSPS) is 16.2. The van der Waals surface area contributed by atoms with Gasteiger partial charge in [-0.25, -0.2) is 0 Å². The van der Waals surface area contributed by atoms with Crippen LogP contribution in [0, 0.1) is 0 Å². The zero-order valence-corrected chi connectivity index (χ0v) is 17.8. The van der Waals surface area contributed by atoms with E-state index in [2.05, 4.69) is 10.6 Å². The highest BCUT2D eigenvalue weighted by molar-refractivity contribution is 6.04. The maximum Gasteiger partial charge on any atom is 0.262 e. The van der Waals surface area contributed by atoms with Crippen molar-refractivity contribution in [3.63, 3.8) is 0 Å². The Kier molecular flexibility index (Phi) is 6.07. The van der Waals surface area contributed by atoms with Crippen LogP contribution in [0.1, 0.15) is 20.3 Å². The molecule has 4 rings (SSSR count). The molecule has 0 bridgehead atoms. The van der Waals surface area contributed by atoms with E-state index in [1.807, 2.05) is 85.5 Å². The average molecular weight is 418 g/mol. The van der Waals surface area contributed by atoms with Gasteiger partial charge in [-0.2, -0.15) is 0 Å². The molecule has 6 nitrogen and oxygen atoms in total. The molecule has 6 heteroatoms. The van der Waals surface area contributed by atoms with Crippen LogP contribution in [0.15, 0.2) is 66.7 Å². The van der Waals surface area contributed by atoms with Gasteiger partial charge in [0, 0.05) is 17.6 Å². The van der Waals surface area contributed by atoms with E-state index in [1.165, 1.54) is 0 Å². The maximum atomic E-state index is 13.2. The number of ether oxygens (including phenoxy) is 1. The van der Waals surface area contributed by atoms with Crippen molar-refractivity contribution in [2.24, 2.45) is 0 Å². The number of carbonyl (C=O) groups is 2.